The Kier molecular flexibility index (Phi) is 5.23. The topological polar surface area (TPSA) is 79.0 Å². The number of ether oxygens (including phenoxy) is 1. The van der Waals surface area contributed by atoms with Gasteiger partial charge in [0.1, 0.15) is 18.2 Å². The molecule has 0 fully saturated rings. The van der Waals surface area contributed by atoms with Crippen molar-refractivity contribution in [2.24, 2.45) is 0 Å². The van der Waals surface area contributed by atoms with E-state index in [1.807, 2.05) is 6.20 Å². The van der Waals surface area contributed by atoms with Gasteiger partial charge in [0.2, 0.25) is 0 Å². The number of hydrogen-bond acceptors (Lipinski definition) is 3. The highest BCUT2D eigenvalue weighted by Gasteiger charge is 2.21. The number of aromatic nitrogens is 2. The van der Waals surface area contributed by atoms with Crippen LogP contribution in [-0.4, -0.2) is 22.3 Å². The number of amides is 2. The quantitative estimate of drug-likeness (QED) is 0.630. The maximum absolute atomic E-state index is 13.2. The van der Waals surface area contributed by atoms with Gasteiger partial charge in [0.25, 0.3) is 0 Å². The first-order valence-corrected chi connectivity index (χ1v) is 9.21. The van der Waals surface area contributed by atoms with Crippen molar-refractivity contribution in [2.75, 3.05) is 5.32 Å². The van der Waals surface area contributed by atoms with Gasteiger partial charge in [-0.1, -0.05) is 18.2 Å². The second-order valence-electron chi connectivity index (χ2n) is 6.86. The maximum Gasteiger partial charge on any atom is 0.319 e. The van der Waals surface area contributed by atoms with Crippen molar-refractivity contribution >= 4 is 11.7 Å². The second kappa shape index (κ2) is 8.12. The Bertz CT molecular complexity index is 972. The van der Waals surface area contributed by atoms with Gasteiger partial charge in [-0.25, -0.2) is 9.18 Å². The molecule has 0 radical (unpaired) electrons. The lowest BCUT2D eigenvalue weighted by molar-refractivity contribution is 0.247. The molecule has 6 nitrogen and oxygen atoms in total. The predicted octanol–water partition coefficient (Wildman–Crippen LogP) is 3.81. The third kappa shape index (κ3) is 4.49. The molecule has 1 unspecified atom stereocenters. The van der Waals surface area contributed by atoms with Gasteiger partial charge >= 0.3 is 6.03 Å². The first-order valence-electron chi connectivity index (χ1n) is 9.21. The van der Waals surface area contributed by atoms with Crippen LogP contribution in [-0.2, 0) is 19.4 Å². The van der Waals surface area contributed by atoms with Crippen LogP contribution in [0.1, 0.15) is 23.2 Å². The standard InChI is InChI=1S/C21H21FN4O2/c22-16-4-1-3-14(9-16)13-28-19-6-2-5-17(11-19)24-21(27)25-18-7-8-20-15(10-18)12-23-26-20/h1-6,9,11-12,18H,7-8,10,13H2,(H,23,26)(H2,24,25,27). The number of aryl methyl sites for hydroxylation is 1. The minimum atomic E-state index is -0.293. The predicted molar refractivity (Wildman–Crippen MR) is 104 cm³/mol. The average molecular weight is 380 g/mol. The Morgan fingerprint density at radius 1 is 1.25 bits per heavy atom. The summed E-state index contributed by atoms with van der Waals surface area (Å²) < 4.78 is 18.9. The minimum absolute atomic E-state index is 0.0810. The van der Waals surface area contributed by atoms with E-state index in [0.29, 0.717) is 11.4 Å². The molecule has 0 bridgehead atoms. The van der Waals surface area contributed by atoms with Crippen molar-refractivity contribution in [2.45, 2.75) is 31.9 Å². The van der Waals surface area contributed by atoms with E-state index < -0.39 is 0 Å². The Balaban J connectivity index is 1.31. The number of carbonyl (C=O) groups is 1. The van der Waals surface area contributed by atoms with Crippen LogP contribution in [0.4, 0.5) is 14.9 Å². The first-order chi connectivity index (χ1) is 13.7. The summed E-state index contributed by atoms with van der Waals surface area (Å²) in [5.74, 6) is 0.307. The number of aromatic amines is 1. The molecule has 0 saturated heterocycles. The number of hydrogen-bond donors (Lipinski definition) is 3. The molecule has 1 aliphatic carbocycles. The van der Waals surface area contributed by atoms with E-state index in [4.69, 9.17) is 4.74 Å². The van der Waals surface area contributed by atoms with Crippen LogP contribution in [0.2, 0.25) is 0 Å². The fourth-order valence-corrected chi connectivity index (χ4v) is 3.35. The van der Waals surface area contributed by atoms with Gasteiger partial charge in [0.05, 0.1) is 6.20 Å². The van der Waals surface area contributed by atoms with E-state index >= 15 is 0 Å². The van der Waals surface area contributed by atoms with Gasteiger partial charge in [-0.2, -0.15) is 5.10 Å². The van der Waals surface area contributed by atoms with Crippen LogP contribution in [0.15, 0.2) is 54.7 Å². The highest BCUT2D eigenvalue weighted by molar-refractivity contribution is 5.89. The van der Waals surface area contributed by atoms with E-state index in [1.165, 1.54) is 12.1 Å². The first kappa shape index (κ1) is 18.0. The number of nitrogens with zero attached hydrogens (tertiary/aromatic N) is 1. The molecule has 0 spiro atoms. The van der Waals surface area contributed by atoms with Crippen molar-refractivity contribution in [3.05, 3.63) is 77.4 Å². The molecule has 1 aliphatic rings. The number of halogens is 1. The van der Waals surface area contributed by atoms with E-state index in [1.54, 1.807) is 36.4 Å². The molecule has 0 aliphatic heterocycles. The summed E-state index contributed by atoms with van der Waals surface area (Å²) in [6.07, 6.45) is 4.35. The summed E-state index contributed by atoms with van der Waals surface area (Å²) in [5.41, 5.74) is 3.69. The van der Waals surface area contributed by atoms with E-state index in [-0.39, 0.29) is 24.5 Å². The van der Waals surface area contributed by atoms with Crippen LogP contribution in [0.5, 0.6) is 5.75 Å². The summed E-state index contributed by atoms with van der Waals surface area (Å²) in [6, 6.07) is 13.2. The smallest absolute Gasteiger partial charge is 0.319 e. The van der Waals surface area contributed by atoms with Crippen molar-refractivity contribution in [3.8, 4) is 5.75 Å². The van der Waals surface area contributed by atoms with E-state index in [0.717, 1.165) is 36.1 Å². The molecule has 2 amide bonds. The number of benzene rings is 2. The number of H-pyrrole nitrogens is 1. The Morgan fingerprint density at radius 2 is 2.14 bits per heavy atom. The van der Waals surface area contributed by atoms with Crippen molar-refractivity contribution < 1.29 is 13.9 Å². The summed E-state index contributed by atoms with van der Waals surface area (Å²) >= 11 is 0. The number of anilines is 1. The molecule has 7 heteroatoms. The molecule has 1 aromatic heterocycles. The highest BCUT2D eigenvalue weighted by Crippen LogP contribution is 2.21. The largest absolute Gasteiger partial charge is 0.489 e. The molecule has 4 rings (SSSR count). The Labute approximate surface area is 162 Å². The lowest BCUT2D eigenvalue weighted by Gasteiger charge is -2.23. The molecular weight excluding hydrogens is 359 g/mol. The second-order valence-corrected chi connectivity index (χ2v) is 6.86. The van der Waals surface area contributed by atoms with Gasteiger partial charge in [-0.05, 0) is 54.7 Å². The Morgan fingerprint density at radius 3 is 3.04 bits per heavy atom. The van der Waals surface area contributed by atoms with Crippen LogP contribution in [0, 0.1) is 5.82 Å². The molecule has 28 heavy (non-hydrogen) atoms. The zero-order valence-electron chi connectivity index (χ0n) is 15.2. The third-order valence-electron chi connectivity index (χ3n) is 4.74. The van der Waals surface area contributed by atoms with Crippen molar-refractivity contribution in [1.29, 1.82) is 0 Å². The average Bonchev–Trinajstić information content (AvgIpc) is 3.14. The number of nitrogens with one attached hydrogen (secondary N) is 3. The molecular formula is C21H21FN4O2. The van der Waals surface area contributed by atoms with Crippen LogP contribution in [0.25, 0.3) is 0 Å². The van der Waals surface area contributed by atoms with Crippen LogP contribution >= 0.6 is 0 Å². The Hall–Kier alpha value is -3.35. The maximum atomic E-state index is 13.2. The zero-order valence-corrected chi connectivity index (χ0v) is 15.2. The molecule has 144 valence electrons. The van der Waals surface area contributed by atoms with Gasteiger partial charge < -0.3 is 15.4 Å². The fourth-order valence-electron chi connectivity index (χ4n) is 3.35. The molecule has 1 heterocycles. The number of rotatable bonds is 5. The van der Waals surface area contributed by atoms with E-state index in [2.05, 4.69) is 20.8 Å². The lowest BCUT2D eigenvalue weighted by atomic mass is 9.94. The molecule has 3 N–H and O–H groups in total. The summed E-state index contributed by atoms with van der Waals surface area (Å²) in [6.45, 7) is 0.252. The lowest BCUT2D eigenvalue weighted by Crippen LogP contribution is -2.41. The summed E-state index contributed by atoms with van der Waals surface area (Å²) in [7, 11) is 0. The number of urea groups is 1. The van der Waals surface area contributed by atoms with Gasteiger partial charge in [-0.15, -0.1) is 0 Å². The molecule has 3 aromatic rings. The van der Waals surface area contributed by atoms with Gasteiger partial charge in [0.15, 0.2) is 0 Å². The summed E-state index contributed by atoms with van der Waals surface area (Å²) in [5, 5.41) is 12.9. The van der Waals surface area contributed by atoms with Gasteiger partial charge in [-0.3, -0.25) is 5.10 Å². The van der Waals surface area contributed by atoms with Crippen LogP contribution < -0.4 is 15.4 Å². The summed E-state index contributed by atoms with van der Waals surface area (Å²) in [4.78, 5) is 12.3. The van der Waals surface area contributed by atoms with Crippen molar-refractivity contribution in [1.82, 2.24) is 15.5 Å². The number of carbonyl (C=O) groups excluding carboxylic acids is 1. The third-order valence-corrected chi connectivity index (χ3v) is 4.74. The minimum Gasteiger partial charge on any atom is -0.489 e. The zero-order chi connectivity index (χ0) is 19.3. The monoisotopic (exact) mass is 380 g/mol. The molecule has 0 saturated carbocycles. The van der Waals surface area contributed by atoms with E-state index in [9.17, 15) is 9.18 Å². The molecule has 2 aromatic carbocycles. The van der Waals surface area contributed by atoms with Crippen molar-refractivity contribution in [3.63, 3.8) is 0 Å². The normalized spacial score (nSPS) is 15.5. The van der Waals surface area contributed by atoms with Gasteiger partial charge in [0, 0.05) is 23.5 Å². The molecule has 1 atom stereocenters. The highest BCUT2D eigenvalue weighted by atomic mass is 19.1. The fraction of sp³-hybridized carbons (Fsp3) is 0.238. The number of fused-ring (bicyclic) bond motifs is 1. The van der Waals surface area contributed by atoms with Crippen LogP contribution in [0.3, 0.4) is 0 Å². The SMILES string of the molecule is O=C(Nc1cccc(OCc2cccc(F)c2)c1)NC1CCc2[nH]ncc2C1.